The molecule has 0 aliphatic carbocycles. The zero-order valence-corrected chi connectivity index (χ0v) is 14.5. The van der Waals surface area contributed by atoms with Gasteiger partial charge in [0.25, 0.3) is 10.1 Å². The van der Waals surface area contributed by atoms with Crippen molar-refractivity contribution in [3.8, 4) is 0 Å². The third-order valence-electron chi connectivity index (χ3n) is 2.10. The molecule has 1 aromatic carbocycles. The summed E-state index contributed by atoms with van der Waals surface area (Å²) in [5.41, 5.74) is -0.867. The van der Waals surface area contributed by atoms with Crippen molar-refractivity contribution >= 4 is 22.1 Å². The first kappa shape index (κ1) is 18.7. The van der Waals surface area contributed by atoms with Gasteiger partial charge in [0.05, 0.1) is 25.3 Å². The Morgan fingerprint density at radius 1 is 1.16 bits per heavy atom. The summed E-state index contributed by atoms with van der Waals surface area (Å²) in [7, 11) is -2.57. The Labute approximate surface area is 153 Å². The molecule has 7 nitrogen and oxygen atoms in total. The quantitative estimate of drug-likeness (QED) is 0.377. The van der Waals surface area contributed by atoms with Crippen LogP contribution >= 0.6 is 0 Å². The van der Waals surface area contributed by atoms with Crippen molar-refractivity contribution in [2.75, 3.05) is 14.2 Å². The van der Waals surface area contributed by atoms with Gasteiger partial charge in [-0.15, -0.1) is 0 Å². The number of methoxy groups -OCH3 is 2. The Morgan fingerprint density at radius 2 is 1.68 bits per heavy atom. The zero-order valence-electron chi connectivity index (χ0n) is 11.5. The molecule has 0 aromatic heterocycles. The van der Waals surface area contributed by atoms with E-state index in [0.29, 0.717) is 0 Å². The summed E-state index contributed by atoms with van der Waals surface area (Å²) in [5, 5.41) is 0. The Balaban J connectivity index is 0. The second-order valence-corrected chi connectivity index (χ2v) is 4.53. The molecule has 9 heteroatoms. The van der Waals surface area contributed by atoms with E-state index in [9.17, 15) is 18.0 Å². The topological polar surface area (TPSA) is 107 Å². The van der Waals surface area contributed by atoms with Crippen molar-refractivity contribution in [2.24, 2.45) is 0 Å². The molecule has 100 valence electrons. The van der Waals surface area contributed by atoms with Crippen LogP contribution in [0.5, 0.6) is 0 Å². The molecule has 1 N–H and O–H groups in total. The molecule has 0 aliphatic rings. The molecule has 0 saturated carbocycles. The van der Waals surface area contributed by atoms with E-state index in [4.69, 9.17) is 4.55 Å². The second-order valence-electron chi connectivity index (χ2n) is 3.14. The van der Waals surface area contributed by atoms with Crippen molar-refractivity contribution in [3.05, 3.63) is 29.3 Å². The van der Waals surface area contributed by atoms with E-state index in [1.54, 1.807) is 0 Å². The minimum Gasteiger partial charge on any atom is -1.00 e. The monoisotopic (exact) mass is 314 g/mol. The predicted octanol–water partition coefficient (Wildman–Crippen LogP) is -2.38. The van der Waals surface area contributed by atoms with Gasteiger partial charge in [0, 0.05) is 0 Å². The van der Waals surface area contributed by atoms with Crippen molar-refractivity contribution in [1.29, 1.82) is 0 Å². The SMILES string of the molecule is COC(=O)c1cccc(S(=O)(=O)O)c1C(=O)OC.[H-].[K+]. The van der Waals surface area contributed by atoms with Crippen molar-refractivity contribution in [2.45, 2.75) is 4.90 Å². The molecule has 1 rings (SSSR count). The smallest absolute Gasteiger partial charge is 1.00 e. The molecule has 0 unspecified atom stereocenters. The summed E-state index contributed by atoms with van der Waals surface area (Å²) in [6, 6.07) is 3.36. The zero-order chi connectivity index (χ0) is 13.9. The molecule has 0 fully saturated rings. The van der Waals surface area contributed by atoms with Gasteiger partial charge in [-0.2, -0.15) is 8.42 Å². The van der Waals surface area contributed by atoms with Crippen LogP contribution in [-0.4, -0.2) is 39.1 Å². The van der Waals surface area contributed by atoms with E-state index in [1.165, 1.54) is 12.1 Å². The summed E-state index contributed by atoms with van der Waals surface area (Å²) >= 11 is 0. The van der Waals surface area contributed by atoms with Crippen molar-refractivity contribution < 1.29 is 84.8 Å². The van der Waals surface area contributed by atoms with E-state index < -0.39 is 32.5 Å². The molecule has 1 aromatic rings. The van der Waals surface area contributed by atoms with Crippen molar-refractivity contribution in [1.82, 2.24) is 0 Å². The van der Waals surface area contributed by atoms with Crippen LogP contribution in [0.1, 0.15) is 22.1 Å². The average Bonchev–Trinajstić information content (AvgIpc) is 2.34. The average molecular weight is 314 g/mol. The van der Waals surface area contributed by atoms with Gasteiger partial charge in [-0.1, -0.05) is 6.07 Å². The van der Waals surface area contributed by atoms with Gasteiger partial charge in [-0.3, -0.25) is 4.55 Å². The molecule has 19 heavy (non-hydrogen) atoms. The number of hydrogen-bond donors (Lipinski definition) is 1. The van der Waals surface area contributed by atoms with Crippen LogP contribution in [0.4, 0.5) is 0 Å². The van der Waals surface area contributed by atoms with Crippen molar-refractivity contribution in [3.63, 3.8) is 0 Å². The first-order valence-electron chi connectivity index (χ1n) is 4.60. The van der Waals surface area contributed by atoms with E-state index >= 15 is 0 Å². The van der Waals surface area contributed by atoms with E-state index in [2.05, 4.69) is 9.47 Å². The first-order chi connectivity index (χ1) is 8.32. The summed E-state index contributed by atoms with van der Waals surface area (Å²) in [6.45, 7) is 0. The number of esters is 2. The Bertz CT molecular complexity index is 600. The molecule has 0 amide bonds. The maximum atomic E-state index is 11.5. The third-order valence-corrected chi connectivity index (χ3v) is 2.99. The third kappa shape index (κ3) is 4.34. The fraction of sp³-hybridized carbons (Fsp3) is 0.200. The second kappa shape index (κ2) is 7.48. The molecule has 0 radical (unpaired) electrons. The van der Waals surface area contributed by atoms with Gasteiger partial charge in [0.2, 0.25) is 0 Å². The molecular weight excluding hydrogens is 303 g/mol. The van der Waals surface area contributed by atoms with Crippen LogP contribution in [-0.2, 0) is 19.6 Å². The standard InChI is InChI=1S/C10H10O7S.K.H/c1-16-9(11)6-4-3-5-7(18(13,14)15)8(6)10(12)17-2;;/h3-5H,1-2H3,(H,13,14,15);;/q;+1;-1. The molecule has 0 aliphatic heterocycles. The molecular formula is C10H11KO7S. The normalized spacial score (nSPS) is 10.3. The predicted molar refractivity (Wildman–Crippen MR) is 60.0 cm³/mol. The molecule has 0 bridgehead atoms. The molecule has 0 heterocycles. The van der Waals surface area contributed by atoms with E-state index in [1.807, 2.05) is 0 Å². The summed E-state index contributed by atoms with van der Waals surface area (Å²) < 4.78 is 40.1. The van der Waals surface area contributed by atoms with E-state index in [-0.39, 0.29) is 58.4 Å². The number of rotatable bonds is 3. The van der Waals surface area contributed by atoms with Gasteiger partial charge in [0.1, 0.15) is 4.90 Å². The Kier molecular flexibility index (Phi) is 7.36. The summed E-state index contributed by atoms with van der Waals surface area (Å²) in [6.07, 6.45) is 0. The van der Waals surface area contributed by atoms with Gasteiger partial charge >= 0.3 is 63.3 Å². The number of ether oxygens (including phenoxy) is 2. The number of carbonyl (C=O) groups is 2. The summed E-state index contributed by atoms with van der Waals surface area (Å²) in [4.78, 5) is 22.2. The Morgan fingerprint density at radius 3 is 2.11 bits per heavy atom. The fourth-order valence-corrected chi connectivity index (χ4v) is 2.04. The number of hydrogen-bond acceptors (Lipinski definition) is 6. The van der Waals surface area contributed by atoms with Crippen LogP contribution in [0.25, 0.3) is 0 Å². The molecule has 0 saturated heterocycles. The van der Waals surface area contributed by atoms with Crippen LogP contribution in [0, 0.1) is 0 Å². The van der Waals surface area contributed by atoms with Crippen LogP contribution < -0.4 is 51.4 Å². The van der Waals surface area contributed by atoms with Crippen LogP contribution in [0.2, 0.25) is 0 Å². The summed E-state index contributed by atoms with van der Waals surface area (Å²) in [5.74, 6) is -1.98. The van der Waals surface area contributed by atoms with Gasteiger partial charge < -0.3 is 10.9 Å². The Hall–Kier alpha value is -0.294. The first-order valence-corrected chi connectivity index (χ1v) is 6.04. The van der Waals surface area contributed by atoms with Gasteiger partial charge in [-0.25, -0.2) is 9.59 Å². The number of benzene rings is 1. The molecule has 0 spiro atoms. The van der Waals surface area contributed by atoms with Gasteiger partial charge in [-0.05, 0) is 12.1 Å². The number of carbonyl (C=O) groups excluding carboxylic acids is 2. The molecule has 0 atom stereocenters. The maximum Gasteiger partial charge on any atom is 1.00 e. The van der Waals surface area contributed by atoms with Crippen LogP contribution in [0.15, 0.2) is 23.1 Å². The van der Waals surface area contributed by atoms with E-state index in [0.717, 1.165) is 20.3 Å². The fourth-order valence-electron chi connectivity index (χ4n) is 1.34. The maximum absolute atomic E-state index is 11.5. The van der Waals surface area contributed by atoms with Gasteiger partial charge in [0.15, 0.2) is 0 Å². The minimum absolute atomic E-state index is 0. The minimum atomic E-state index is -4.66. The largest absolute Gasteiger partial charge is 1.00 e. The van der Waals surface area contributed by atoms with Crippen LogP contribution in [0.3, 0.4) is 0 Å².